The average molecular weight is 162 g/mol. The Balaban J connectivity index is 2.61. The van der Waals surface area contributed by atoms with Gasteiger partial charge in [-0.25, -0.2) is 0 Å². The first-order valence-electron chi connectivity index (χ1n) is 4.65. The fraction of sp³-hybridized carbons (Fsp3) is 0.800. The summed E-state index contributed by atoms with van der Waals surface area (Å²) in [4.78, 5) is 0. The topological polar surface area (TPSA) is 47.6 Å². The van der Waals surface area contributed by atoms with Gasteiger partial charge < -0.3 is 0 Å². The van der Waals surface area contributed by atoms with Crippen LogP contribution in [0, 0.1) is 28.1 Å². The van der Waals surface area contributed by atoms with Gasteiger partial charge >= 0.3 is 0 Å². The van der Waals surface area contributed by atoms with E-state index in [1.54, 1.807) is 0 Å². The minimum Gasteiger partial charge on any atom is -0.197 e. The maximum absolute atomic E-state index is 8.89. The third-order valence-electron chi connectivity index (χ3n) is 2.64. The molecule has 0 spiro atoms. The molecule has 2 heteroatoms. The first-order valence-corrected chi connectivity index (χ1v) is 4.65. The van der Waals surface area contributed by atoms with Crippen LogP contribution in [-0.2, 0) is 0 Å². The molecule has 1 aliphatic carbocycles. The molecule has 0 unspecified atom stereocenters. The summed E-state index contributed by atoms with van der Waals surface area (Å²) in [5, 5.41) is 17.8. The van der Waals surface area contributed by atoms with E-state index in [0.29, 0.717) is 0 Å². The van der Waals surface area contributed by atoms with Crippen molar-refractivity contribution >= 4 is 0 Å². The highest BCUT2D eigenvalue weighted by Crippen LogP contribution is 2.32. The minimum absolute atomic E-state index is 0.652. The standard InChI is InChI=1S/C10H14N2/c11-8-10(9-12)6-4-2-1-3-5-7-10/h1-7H2. The van der Waals surface area contributed by atoms with E-state index in [2.05, 4.69) is 12.1 Å². The van der Waals surface area contributed by atoms with Gasteiger partial charge in [0, 0.05) is 0 Å². The minimum atomic E-state index is -0.652. The molecule has 0 heterocycles. The molecule has 1 saturated carbocycles. The van der Waals surface area contributed by atoms with Gasteiger partial charge in [0.1, 0.15) is 5.41 Å². The monoisotopic (exact) mass is 162 g/mol. The highest BCUT2D eigenvalue weighted by molar-refractivity contribution is 5.13. The van der Waals surface area contributed by atoms with E-state index < -0.39 is 5.41 Å². The summed E-state index contributed by atoms with van der Waals surface area (Å²) in [5.74, 6) is 0. The summed E-state index contributed by atoms with van der Waals surface area (Å²) in [5.41, 5.74) is -0.652. The van der Waals surface area contributed by atoms with E-state index in [9.17, 15) is 0 Å². The first kappa shape index (κ1) is 9.07. The summed E-state index contributed by atoms with van der Waals surface area (Å²) in [7, 11) is 0. The third-order valence-corrected chi connectivity index (χ3v) is 2.64. The van der Waals surface area contributed by atoms with E-state index >= 15 is 0 Å². The van der Waals surface area contributed by atoms with Gasteiger partial charge in [0.2, 0.25) is 0 Å². The van der Waals surface area contributed by atoms with Gasteiger partial charge in [-0.3, -0.25) is 0 Å². The molecule has 0 aliphatic heterocycles. The van der Waals surface area contributed by atoms with Crippen molar-refractivity contribution in [3.05, 3.63) is 0 Å². The zero-order valence-corrected chi connectivity index (χ0v) is 7.34. The van der Waals surface area contributed by atoms with E-state index in [-0.39, 0.29) is 0 Å². The lowest BCUT2D eigenvalue weighted by atomic mass is 9.79. The summed E-state index contributed by atoms with van der Waals surface area (Å²) >= 11 is 0. The molecule has 0 saturated heterocycles. The molecular formula is C10H14N2. The Morgan fingerprint density at radius 3 is 1.58 bits per heavy atom. The molecule has 0 bridgehead atoms. The Kier molecular flexibility index (Phi) is 3.11. The van der Waals surface area contributed by atoms with Gasteiger partial charge in [0.05, 0.1) is 12.1 Å². The lowest BCUT2D eigenvalue weighted by molar-refractivity contribution is 0.366. The van der Waals surface area contributed by atoms with E-state index in [0.717, 1.165) is 25.7 Å². The molecule has 0 amide bonds. The molecule has 0 aromatic rings. The van der Waals surface area contributed by atoms with Crippen LogP contribution in [0.4, 0.5) is 0 Å². The van der Waals surface area contributed by atoms with Crippen LogP contribution in [0.3, 0.4) is 0 Å². The third kappa shape index (κ3) is 1.98. The van der Waals surface area contributed by atoms with Crippen LogP contribution in [-0.4, -0.2) is 0 Å². The fourth-order valence-electron chi connectivity index (χ4n) is 1.76. The quantitative estimate of drug-likeness (QED) is 0.549. The molecule has 0 aromatic carbocycles. The normalized spacial score (nSPS) is 22.8. The summed E-state index contributed by atoms with van der Waals surface area (Å²) < 4.78 is 0. The largest absolute Gasteiger partial charge is 0.197 e. The van der Waals surface area contributed by atoms with Crippen LogP contribution < -0.4 is 0 Å². The van der Waals surface area contributed by atoms with Gasteiger partial charge in [0.15, 0.2) is 0 Å². The lowest BCUT2D eigenvalue weighted by Crippen LogP contribution is -2.17. The summed E-state index contributed by atoms with van der Waals surface area (Å²) in [6.45, 7) is 0. The van der Waals surface area contributed by atoms with Crippen molar-refractivity contribution in [1.82, 2.24) is 0 Å². The van der Waals surface area contributed by atoms with Gasteiger partial charge in [-0.1, -0.05) is 32.1 Å². The second-order valence-electron chi connectivity index (χ2n) is 3.57. The van der Waals surface area contributed by atoms with Crippen molar-refractivity contribution in [2.45, 2.75) is 44.9 Å². The van der Waals surface area contributed by atoms with Crippen molar-refractivity contribution in [1.29, 1.82) is 10.5 Å². The van der Waals surface area contributed by atoms with E-state index in [4.69, 9.17) is 10.5 Å². The molecule has 1 rings (SSSR count). The van der Waals surface area contributed by atoms with Gasteiger partial charge in [-0.2, -0.15) is 10.5 Å². The molecule has 0 aromatic heterocycles. The average Bonchev–Trinajstić information content (AvgIpc) is 2.06. The molecule has 12 heavy (non-hydrogen) atoms. The van der Waals surface area contributed by atoms with E-state index in [1.807, 2.05) is 0 Å². The molecule has 0 N–H and O–H groups in total. The summed E-state index contributed by atoms with van der Waals surface area (Å²) in [6.07, 6.45) is 7.28. The van der Waals surface area contributed by atoms with Crippen LogP contribution in [0.5, 0.6) is 0 Å². The van der Waals surface area contributed by atoms with Crippen molar-refractivity contribution in [3.63, 3.8) is 0 Å². The van der Waals surface area contributed by atoms with Crippen molar-refractivity contribution in [2.75, 3.05) is 0 Å². The first-order chi connectivity index (χ1) is 5.83. The molecule has 1 aliphatic rings. The second kappa shape index (κ2) is 4.12. The fourth-order valence-corrected chi connectivity index (χ4v) is 1.76. The molecule has 0 radical (unpaired) electrons. The smallest absolute Gasteiger partial charge is 0.143 e. The number of nitriles is 2. The Labute approximate surface area is 73.8 Å². The number of hydrogen-bond donors (Lipinski definition) is 0. The van der Waals surface area contributed by atoms with Crippen molar-refractivity contribution in [3.8, 4) is 12.1 Å². The predicted octanol–water partition coefficient (Wildman–Crippen LogP) is 2.76. The Bertz CT molecular complexity index is 195. The second-order valence-corrected chi connectivity index (χ2v) is 3.57. The van der Waals surface area contributed by atoms with Crippen molar-refractivity contribution in [2.24, 2.45) is 5.41 Å². The van der Waals surface area contributed by atoms with Gasteiger partial charge in [0.25, 0.3) is 0 Å². The van der Waals surface area contributed by atoms with E-state index in [1.165, 1.54) is 19.3 Å². The van der Waals surface area contributed by atoms with Crippen LogP contribution in [0.25, 0.3) is 0 Å². The van der Waals surface area contributed by atoms with Gasteiger partial charge in [-0.15, -0.1) is 0 Å². The Morgan fingerprint density at radius 1 is 0.750 bits per heavy atom. The van der Waals surface area contributed by atoms with Crippen LogP contribution in [0.1, 0.15) is 44.9 Å². The van der Waals surface area contributed by atoms with Crippen LogP contribution in [0.2, 0.25) is 0 Å². The number of nitrogens with zero attached hydrogens (tertiary/aromatic N) is 2. The zero-order valence-electron chi connectivity index (χ0n) is 7.34. The molecular weight excluding hydrogens is 148 g/mol. The molecule has 0 atom stereocenters. The highest BCUT2D eigenvalue weighted by atomic mass is 14.4. The number of hydrogen-bond acceptors (Lipinski definition) is 2. The lowest BCUT2D eigenvalue weighted by Gasteiger charge is -2.20. The van der Waals surface area contributed by atoms with Gasteiger partial charge in [-0.05, 0) is 12.8 Å². The Morgan fingerprint density at radius 2 is 1.17 bits per heavy atom. The zero-order chi connectivity index (χ0) is 8.86. The maximum Gasteiger partial charge on any atom is 0.143 e. The van der Waals surface area contributed by atoms with Crippen LogP contribution >= 0.6 is 0 Å². The molecule has 2 nitrogen and oxygen atoms in total. The Hall–Kier alpha value is -1.02. The maximum atomic E-state index is 8.89. The number of rotatable bonds is 0. The SMILES string of the molecule is N#CC1(C#N)CCCCCCC1. The van der Waals surface area contributed by atoms with Crippen molar-refractivity contribution < 1.29 is 0 Å². The highest BCUT2D eigenvalue weighted by Gasteiger charge is 2.29. The molecule has 1 fully saturated rings. The molecule has 64 valence electrons. The predicted molar refractivity (Wildman–Crippen MR) is 46.0 cm³/mol. The van der Waals surface area contributed by atoms with Crippen LogP contribution in [0.15, 0.2) is 0 Å². The summed E-state index contributed by atoms with van der Waals surface area (Å²) in [6, 6.07) is 4.35.